The van der Waals surface area contributed by atoms with Crippen molar-refractivity contribution >= 4 is 17.2 Å². The van der Waals surface area contributed by atoms with Gasteiger partial charge in [0.25, 0.3) is 5.91 Å². The molecule has 148 valence electrons. The summed E-state index contributed by atoms with van der Waals surface area (Å²) >= 11 is 1.60. The van der Waals surface area contributed by atoms with Crippen LogP contribution in [0.2, 0.25) is 0 Å². The lowest BCUT2D eigenvalue weighted by atomic mass is 9.60. The summed E-state index contributed by atoms with van der Waals surface area (Å²) in [4.78, 5) is 17.5. The van der Waals surface area contributed by atoms with Crippen LogP contribution in [0.5, 0.6) is 0 Å². The average Bonchev–Trinajstić information content (AvgIpc) is 3.28. The first kappa shape index (κ1) is 18.4. The van der Waals surface area contributed by atoms with E-state index in [9.17, 15) is 4.79 Å². The average molecular weight is 395 g/mol. The number of likely N-dealkylation sites (tertiary alicyclic amines) is 2. The Kier molecular flexibility index (Phi) is 5.02. The number of nitrogens with zero attached hydrogens (tertiary/aromatic N) is 2. The van der Waals surface area contributed by atoms with E-state index in [0.717, 1.165) is 31.5 Å². The molecule has 2 aromatic rings. The Balaban J connectivity index is 1.29. The number of carbonyl (C=O) groups excluding carboxylic acids is 1. The smallest absolute Gasteiger partial charge is 0.254 e. The first-order valence-electron chi connectivity index (χ1n) is 10.9. The molecule has 1 aliphatic carbocycles. The summed E-state index contributed by atoms with van der Waals surface area (Å²) in [6, 6.07) is 14.4. The number of amides is 1. The van der Waals surface area contributed by atoms with Crippen LogP contribution in [0.25, 0.3) is 0 Å². The topological polar surface area (TPSA) is 23.6 Å². The molecule has 5 rings (SSSR count). The van der Waals surface area contributed by atoms with Crippen LogP contribution < -0.4 is 0 Å². The molecule has 3 nitrogen and oxygen atoms in total. The lowest BCUT2D eigenvalue weighted by Crippen LogP contribution is -2.63. The first-order valence-corrected chi connectivity index (χ1v) is 11.8. The standard InChI is InChI=1S/C24H30N2OS/c27-23(20-11-16-28-17-20)25-14-9-21(10-15-25)26-18-24(12-5-2-6-13-24)22(26)19-7-3-1-4-8-19/h1,3-4,7-8,11,16-17,21-22H,2,5-6,9-10,12-15,18H2. The third kappa shape index (κ3) is 3.21. The van der Waals surface area contributed by atoms with Gasteiger partial charge in [-0.2, -0.15) is 11.3 Å². The highest BCUT2D eigenvalue weighted by molar-refractivity contribution is 7.08. The van der Waals surface area contributed by atoms with Gasteiger partial charge in [-0.05, 0) is 42.7 Å². The van der Waals surface area contributed by atoms with Crippen LogP contribution in [0.1, 0.15) is 66.9 Å². The molecule has 28 heavy (non-hydrogen) atoms. The molecule has 1 saturated carbocycles. The summed E-state index contributed by atoms with van der Waals surface area (Å²) in [6.07, 6.45) is 9.18. The van der Waals surface area contributed by atoms with E-state index in [1.165, 1.54) is 44.2 Å². The predicted octanol–water partition coefficient (Wildman–Crippen LogP) is 5.36. The summed E-state index contributed by atoms with van der Waals surface area (Å²) < 4.78 is 0. The molecular weight excluding hydrogens is 364 g/mol. The molecule has 0 bridgehead atoms. The van der Waals surface area contributed by atoms with E-state index in [-0.39, 0.29) is 5.91 Å². The van der Waals surface area contributed by atoms with Crippen molar-refractivity contribution in [1.82, 2.24) is 9.80 Å². The minimum atomic E-state index is 0.215. The van der Waals surface area contributed by atoms with Crippen molar-refractivity contribution in [2.45, 2.75) is 57.0 Å². The van der Waals surface area contributed by atoms with Crippen LogP contribution in [-0.2, 0) is 0 Å². The largest absolute Gasteiger partial charge is 0.339 e. The molecule has 1 amide bonds. The van der Waals surface area contributed by atoms with E-state index in [4.69, 9.17) is 0 Å². The number of thiophene rings is 1. The van der Waals surface area contributed by atoms with E-state index in [1.807, 2.05) is 16.8 Å². The molecule has 3 aliphatic rings. The van der Waals surface area contributed by atoms with Crippen molar-refractivity contribution in [1.29, 1.82) is 0 Å². The molecule has 4 heteroatoms. The molecule has 3 heterocycles. The monoisotopic (exact) mass is 394 g/mol. The zero-order valence-corrected chi connectivity index (χ0v) is 17.4. The van der Waals surface area contributed by atoms with E-state index < -0.39 is 0 Å². The van der Waals surface area contributed by atoms with E-state index in [1.54, 1.807) is 11.3 Å². The zero-order valence-electron chi connectivity index (χ0n) is 16.6. The second-order valence-corrected chi connectivity index (χ2v) is 9.72. The molecule has 3 fully saturated rings. The fourth-order valence-corrected chi connectivity index (χ4v) is 6.59. The van der Waals surface area contributed by atoms with Gasteiger partial charge >= 0.3 is 0 Å². The molecule has 2 saturated heterocycles. The Labute approximate surface area is 172 Å². The normalized spacial score (nSPS) is 25.6. The van der Waals surface area contributed by atoms with Crippen molar-refractivity contribution in [3.63, 3.8) is 0 Å². The maximum atomic E-state index is 12.7. The van der Waals surface area contributed by atoms with Gasteiger partial charge in [0.2, 0.25) is 0 Å². The molecule has 0 N–H and O–H groups in total. The van der Waals surface area contributed by atoms with Crippen molar-refractivity contribution in [2.24, 2.45) is 5.41 Å². The van der Waals surface area contributed by atoms with E-state index in [2.05, 4.69) is 40.1 Å². The molecule has 1 aromatic heterocycles. The fraction of sp³-hybridized carbons (Fsp3) is 0.542. The van der Waals surface area contributed by atoms with Crippen molar-refractivity contribution in [3.8, 4) is 0 Å². The number of piperidine rings is 1. The van der Waals surface area contributed by atoms with E-state index in [0.29, 0.717) is 17.5 Å². The van der Waals surface area contributed by atoms with Gasteiger partial charge in [-0.1, -0.05) is 49.6 Å². The number of rotatable bonds is 3. The molecular formula is C24H30N2OS. The molecule has 1 unspecified atom stereocenters. The lowest BCUT2D eigenvalue weighted by Gasteiger charge is -2.63. The summed E-state index contributed by atoms with van der Waals surface area (Å²) in [5.41, 5.74) is 2.87. The minimum Gasteiger partial charge on any atom is -0.339 e. The molecule has 1 aromatic carbocycles. The van der Waals surface area contributed by atoms with Gasteiger partial charge in [0, 0.05) is 42.5 Å². The van der Waals surface area contributed by atoms with Crippen LogP contribution in [0, 0.1) is 5.41 Å². The van der Waals surface area contributed by atoms with Crippen LogP contribution in [0.15, 0.2) is 47.2 Å². The summed E-state index contributed by atoms with van der Waals surface area (Å²) in [5, 5.41) is 3.97. The molecule has 0 radical (unpaired) electrons. The van der Waals surface area contributed by atoms with Crippen LogP contribution >= 0.6 is 11.3 Å². The summed E-state index contributed by atoms with van der Waals surface area (Å²) in [5.74, 6) is 0.215. The summed E-state index contributed by atoms with van der Waals surface area (Å²) in [6.45, 7) is 3.05. The number of hydrogen-bond donors (Lipinski definition) is 0. The quantitative estimate of drug-likeness (QED) is 0.700. The van der Waals surface area contributed by atoms with Gasteiger partial charge in [0.1, 0.15) is 0 Å². The van der Waals surface area contributed by atoms with Crippen molar-refractivity contribution < 1.29 is 4.79 Å². The second-order valence-electron chi connectivity index (χ2n) is 8.94. The van der Waals surface area contributed by atoms with Gasteiger partial charge < -0.3 is 4.90 Å². The Hall–Kier alpha value is -1.65. The first-order chi connectivity index (χ1) is 13.8. The van der Waals surface area contributed by atoms with Crippen molar-refractivity contribution in [2.75, 3.05) is 19.6 Å². The predicted molar refractivity (Wildman–Crippen MR) is 115 cm³/mol. The second kappa shape index (κ2) is 7.64. The Morgan fingerprint density at radius 3 is 2.43 bits per heavy atom. The fourth-order valence-electron chi connectivity index (χ4n) is 5.96. The Bertz CT molecular complexity index is 789. The highest BCUT2D eigenvalue weighted by Gasteiger charge is 2.54. The van der Waals surface area contributed by atoms with Gasteiger partial charge in [0.05, 0.1) is 5.56 Å². The molecule has 1 spiro atoms. The number of carbonyl (C=O) groups is 1. The third-order valence-corrected chi connectivity index (χ3v) is 8.05. The van der Waals surface area contributed by atoms with E-state index >= 15 is 0 Å². The molecule has 2 aliphatic heterocycles. The zero-order chi connectivity index (χ0) is 19.0. The SMILES string of the molecule is O=C(c1ccsc1)N1CCC(N2CC3(CCCCC3)C2c2ccccc2)CC1. The number of hydrogen-bond acceptors (Lipinski definition) is 3. The third-order valence-electron chi connectivity index (χ3n) is 7.36. The number of benzene rings is 1. The minimum absolute atomic E-state index is 0.215. The van der Waals surface area contributed by atoms with Crippen LogP contribution in [0.3, 0.4) is 0 Å². The maximum absolute atomic E-state index is 12.7. The molecule has 1 atom stereocenters. The summed E-state index contributed by atoms with van der Waals surface area (Å²) in [7, 11) is 0. The lowest BCUT2D eigenvalue weighted by molar-refractivity contribution is -0.132. The van der Waals surface area contributed by atoms with Gasteiger partial charge in [0.15, 0.2) is 0 Å². The van der Waals surface area contributed by atoms with Gasteiger partial charge in [-0.3, -0.25) is 9.69 Å². The van der Waals surface area contributed by atoms with Crippen LogP contribution in [0.4, 0.5) is 0 Å². The Morgan fingerprint density at radius 1 is 1.00 bits per heavy atom. The maximum Gasteiger partial charge on any atom is 0.254 e. The Morgan fingerprint density at radius 2 is 1.75 bits per heavy atom. The van der Waals surface area contributed by atoms with Gasteiger partial charge in [-0.15, -0.1) is 0 Å². The highest BCUT2D eigenvalue weighted by Crippen LogP contribution is 2.58. The van der Waals surface area contributed by atoms with Crippen LogP contribution in [-0.4, -0.2) is 41.4 Å². The highest BCUT2D eigenvalue weighted by atomic mass is 32.1. The van der Waals surface area contributed by atoms with Crippen molar-refractivity contribution in [3.05, 3.63) is 58.3 Å². The van der Waals surface area contributed by atoms with Gasteiger partial charge in [-0.25, -0.2) is 0 Å².